The van der Waals surface area contributed by atoms with Gasteiger partial charge in [-0.25, -0.2) is 4.98 Å². The monoisotopic (exact) mass is 208 g/mol. The Morgan fingerprint density at radius 3 is 3.00 bits per heavy atom. The molecule has 0 aliphatic carbocycles. The van der Waals surface area contributed by atoms with Crippen LogP contribution in [-0.2, 0) is 0 Å². The molecule has 1 aliphatic rings. The Labute approximate surface area is 87.9 Å². The fourth-order valence-corrected chi connectivity index (χ4v) is 1.81. The summed E-state index contributed by atoms with van der Waals surface area (Å²) < 4.78 is 12.8. The summed E-state index contributed by atoms with van der Waals surface area (Å²) in [7, 11) is 0. The number of likely N-dealkylation sites (tertiary alicyclic amines) is 1. The SMILES string of the molecule is CC1CCN(C(=O)c2cccc(F)n2)C1. The molecule has 15 heavy (non-hydrogen) atoms. The molecule has 1 saturated heterocycles. The van der Waals surface area contributed by atoms with Crippen LogP contribution in [-0.4, -0.2) is 28.9 Å². The lowest BCUT2D eigenvalue weighted by Gasteiger charge is -2.14. The molecule has 1 aromatic rings. The fraction of sp³-hybridized carbons (Fsp3) is 0.455. The van der Waals surface area contributed by atoms with Crippen molar-refractivity contribution >= 4 is 5.91 Å². The number of halogens is 1. The zero-order valence-electron chi connectivity index (χ0n) is 8.61. The zero-order chi connectivity index (χ0) is 10.8. The summed E-state index contributed by atoms with van der Waals surface area (Å²) in [4.78, 5) is 17.2. The summed E-state index contributed by atoms with van der Waals surface area (Å²) in [5, 5.41) is 0. The Kier molecular flexibility index (Phi) is 2.66. The lowest BCUT2D eigenvalue weighted by Crippen LogP contribution is -2.29. The number of hydrogen-bond donors (Lipinski definition) is 0. The van der Waals surface area contributed by atoms with Crippen LogP contribution in [0.3, 0.4) is 0 Å². The van der Waals surface area contributed by atoms with Crippen molar-refractivity contribution in [2.24, 2.45) is 5.92 Å². The first-order valence-corrected chi connectivity index (χ1v) is 5.08. The number of aromatic nitrogens is 1. The van der Waals surface area contributed by atoms with Crippen LogP contribution < -0.4 is 0 Å². The predicted octanol–water partition coefficient (Wildman–Crippen LogP) is 1.70. The molecule has 0 N–H and O–H groups in total. The molecule has 0 saturated carbocycles. The van der Waals surface area contributed by atoms with E-state index in [-0.39, 0.29) is 11.6 Å². The van der Waals surface area contributed by atoms with E-state index in [0.29, 0.717) is 5.92 Å². The Balaban J connectivity index is 2.14. The number of amides is 1. The molecule has 1 fully saturated rings. The molecule has 0 spiro atoms. The van der Waals surface area contributed by atoms with Crippen LogP contribution in [0.5, 0.6) is 0 Å². The molecule has 1 aromatic heterocycles. The third-order valence-electron chi connectivity index (χ3n) is 2.65. The van der Waals surface area contributed by atoms with Crippen LogP contribution in [0, 0.1) is 11.9 Å². The maximum absolute atomic E-state index is 12.8. The predicted molar refractivity (Wildman–Crippen MR) is 53.9 cm³/mol. The van der Waals surface area contributed by atoms with Crippen molar-refractivity contribution in [1.29, 1.82) is 0 Å². The molecular weight excluding hydrogens is 195 g/mol. The highest BCUT2D eigenvalue weighted by Gasteiger charge is 2.24. The first-order chi connectivity index (χ1) is 7.16. The topological polar surface area (TPSA) is 33.2 Å². The van der Waals surface area contributed by atoms with E-state index in [1.54, 1.807) is 11.0 Å². The molecule has 80 valence electrons. The molecule has 2 rings (SSSR count). The summed E-state index contributed by atoms with van der Waals surface area (Å²) >= 11 is 0. The number of hydrogen-bond acceptors (Lipinski definition) is 2. The first-order valence-electron chi connectivity index (χ1n) is 5.08. The van der Waals surface area contributed by atoms with Gasteiger partial charge in [-0.3, -0.25) is 4.79 Å². The second-order valence-corrected chi connectivity index (χ2v) is 3.99. The van der Waals surface area contributed by atoms with Gasteiger partial charge in [0.2, 0.25) is 5.95 Å². The lowest BCUT2D eigenvalue weighted by molar-refractivity contribution is 0.0781. The van der Waals surface area contributed by atoms with E-state index in [2.05, 4.69) is 11.9 Å². The highest BCUT2D eigenvalue weighted by atomic mass is 19.1. The van der Waals surface area contributed by atoms with Gasteiger partial charge in [0, 0.05) is 13.1 Å². The largest absolute Gasteiger partial charge is 0.337 e. The third-order valence-corrected chi connectivity index (χ3v) is 2.65. The van der Waals surface area contributed by atoms with Gasteiger partial charge in [-0.2, -0.15) is 4.39 Å². The van der Waals surface area contributed by atoms with E-state index in [9.17, 15) is 9.18 Å². The molecule has 0 aromatic carbocycles. The normalized spacial score (nSPS) is 20.7. The van der Waals surface area contributed by atoms with Crippen LogP contribution >= 0.6 is 0 Å². The van der Waals surface area contributed by atoms with E-state index in [0.717, 1.165) is 19.5 Å². The molecule has 1 atom stereocenters. The number of carbonyl (C=O) groups excluding carboxylic acids is 1. The van der Waals surface area contributed by atoms with Crippen LogP contribution in [0.4, 0.5) is 4.39 Å². The van der Waals surface area contributed by atoms with Crippen molar-refractivity contribution in [3.8, 4) is 0 Å². The zero-order valence-corrected chi connectivity index (χ0v) is 8.61. The quantitative estimate of drug-likeness (QED) is 0.658. The van der Waals surface area contributed by atoms with Crippen LogP contribution in [0.1, 0.15) is 23.8 Å². The van der Waals surface area contributed by atoms with E-state index in [1.165, 1.54) is 12.1 Å². The second kappa shape index (κ2) is 3.96. The van der Waals surface area contributed by atoms with Gasteiger partial charge in [0.15, 0.2) is 0 Å². The summed E-state index contributed by atoms with van der Waals surface area (Å²) in [6, 6.07) is 4.30. The van der Waals surface area contributed by atoms with Crippen molar-refractivity contribution in [1.82, 2.24) is 9.88 Å². The number of rotatable bonds is 1. The van der Waals surface area contributed by atoms with Crippen molar-refractivity contribution in [3.63, 3.8) is 0 Å². The first kappa shape index (κ1) is 10.1. The van der Waals surface area contributed by atoms with Crippen molar-refractivity contribution < 1.29 is 9.18 Å². The number of nitrogens with zero attached hydrogens (tertiary/aromatic N) is 2. The summed E-state index contributed by atoms with van der Waals surface area (Å²) in [6.07, 6.45) is 1.01. The van der Waals surface area contributed by atoms with Gasteiger partial charge in [0.25, 0.3) is 5.91 Å². The third kappa shape index (κ3) is 2.14. The van der Waals surface area contributed by atoms with Gasteiger partial charge in [-0.15, -0.1) is 0 Å². The molecule has 1 amide bonds. The van der Waals surface area contributed by atoms with E-state index < -0.39 is 5.95 Å². The molecule has 1 unspecified atom stereocenters. The summed E-state index contributed by atoms with van der Waals surface area (Å²) in [5.74, 6) is -0.241. The average molecular weight is 208 g/mol. The number of pyridine rings is 1. The van der Waals surface area contributed by atoms with Gasteiger partial charge < -0.3 is 4.90 Å². The molecule has 4 heteroatoms. The minimum absolute atomic E-state index is 0.168. The second-order valence-electron chi connectivity index (χ2n) is 3.99. The molecule has 1 aliphatic heterocycles. The van der Waals surface area contributed by atoms with Crippen LogP contribution in [0.15, 0.2) is 18.2 Å². The van der Waals surface area contributed by atoms with Gasteiger partial charge in [0.05, 0.1) is 0 Å². The lowest BCUT2D eigenvalue weighted by atomic mass is 10.2. The molecule has 2 heterocycles. The van der Waals surface area contributed by atoms with E-state index >= 15 is 0 Å². The Morgan fingerprint density at radius 1 is 1.60 bits per heavy atom. The smallest absolute Gasteiger partial charge is 0.272 e. The molecule has 3 nitrogen and oxygen atoms in total. The molecular formula is C11H13FN2O. The summed E-state index contributed by atoms with van der Waals surface area (Å²) in [5.41, 5.74) is 0.198. The summed E-state index contributed by atoms with van der Waals surface area (Å²) in [6.45, 7) is 3.60. The van der Waals surface area contributed by atoms with Crippen LogP contribution in [0.2, 0.25) is 0 Å². The van der Waals surface area contributed by atoms with Crippen LogP contribution in [0.25, 0.3) is 0 Å². The van der Waals surface area contributed by atoms with E-state index in [1.807, 2.05) is 0 Å². The highest BCUT2D eigenvalue weighted by Crippen LogP contribution is 2.17. The van der Waals surface area contributed by atoms with Crippen molar-refractivity contribution in [2.45, 2.75) is 13.3 Å². The maximum Gasteiger partial charge on any atom is 0.272 e. The standard InChI is InChI=1S/C11H13FN2O/c1-8-5-6-14(7-8)11(15)9-3-2-4-10(12)13-9/h2-4,8H,5-7H2,1H3. The van der Waals surface area contributed by atoms with Gasteiger partial charge >= 0.3 is 0 Å². The Morgan fingerprint density at radius 2 is 2.40 bits per heavy atom. The van der Waals surface area contributed by atoms with Crippen molar-refractivity contribution in [2.75, 3.05) is 13.1 Å². The fourth-order valence-electron chi connectivity index (χ4n) is 1.81. The van der Waals surface area contributed by atoms with Gasteiger partial charge in [0.1, 0.15) is 5.69 Å². The van der Waals surface area contributed by atoms with Gasteiger partial charge in [-0.05, 0) is 24.5 Å². The minimum Gasteiger partial charge on any atom is -0.337 e. The Hall–Kier alpha value is -1.45. The van der Waals surface area contributed by atoms with E-state index in [4.69, 9.17) is 0 Å². The number of carbonyl (C=O) groups is 1. The molecule has 0 radical (unpaired) electrons. The Bertz CT molecular complexity index is 381. The minimum atomic E-state index is -0.604. The highest BCUT2D eigenvalue weighted by molar-refractivity contribution is 5.92. The van der Waals surface area contributed by atoms with Gasteiger partial charge in [-0.1, -0.05) is 13.0 Å². The van der Waals surface area contributed by atoms with Crippen molar-refractivity contribution in [3.05, 3.63) is 29.8 Å². The maximum atomic E-state index is 12.8. The molecule has 0 bridgehead atoms. The average Bonchev–Trinajstić information content (AvgIpc) is 2.64.